The van der Waals surface area contributed by atoms with Gasteiger partial charge in [0.15, 0.2) is 0 Å². The minimum absolute atomic E-state index is 0.0504. The molecule has 1 aromatic heterocycles. The Balaban J connectivity index is 2.03. The van der Waals surface area contributed by atoms with Crippen LogP contribution >= 0.6 is 11.3 Å². The van der Waals surface area contributed by atoms with Crippen LogP contribution < -0.4 is 0 Å². The van der Waals surface area contributed by atoms with Gasteiger partial charge in [0.2, 0.25) is 0 Å². The predicted octanol–water partition coefficient (Wildman–Crippen LogP) is 4.81. The van der Waals surface area contributed by atoms with Gasteiger partial charge in [0, 0.05) is 16.0 Å². The summed E-state index contributed by atoms with van der Waals surface area (Å²) in [5.41, 5.74) is 0. The average Bonchev–Trinajstić information content (AvgIpc) is 2.70. The van der Waals surface area contributed by atoms with Crippen molar-refractivity contribution >= 4 is 21.4 Å². The van der Waals surface area contributed by atoms with Gasteiger partial charge < -0.3 is 5.11 Å². The number of halogens is 4. The Morgan fingerprint density at radius 2 is 1.95 bits per heavy atom. The average molecular weight is 292 g/mol. The van der Waals surface area contributed by atoms with E-state index < -0.39 is 18.7 Å². The summed E-state index contributed by atoms with van der Waals surface area (Å²) >= 11 is 1.21. The largest absolute Gasteiger partial charge is 0.389 e. The van der Waals surface area contributed by atoms with E-state index in [0.29, 0.717) is 9.58 Å². The lowest BCUT2D eigenvalue weighted by atomic mass is 10.1. The molecule has 0 saturated carbocycles. The first-order valence-corrected chi connectivity index (χ1v) is 6.60. The van der Waals surface area contributed by atoms with Crippen LogP contribution in [0.15, 0.2) is 24.3 Å². The van der Waals surface area contributed by atoms with Crippen molar-refractivity contribution in [2.75, 3.05) is 0 Å². The standard InChI is InChI=1S/C13H12F4OS/c14-9-4-3-8-6-12(19-11(8)7-9)10(18)2-1-5-13(15,16)17/h3-4,6-7,10,18H,1-2,5H2. The van der Waals surface area contributed by atoms with Gasteiger partial charge in [0.05, 0.1) is 6.10 Å². The van der Waals surface area contributed by atoms with E-state index in [0.717, 1.165) is 5.39 Å². The van der Waals surface area contributed by atoms with E-state index in [4.69, 9.17) is 0 Å². The van der Waals surface area contributed by atoms with E-state index >= 15 is 0 Å². The molecule has 0 radical (unpaired) electrons. The quantitative estimate of drug-likeness (QED) is 0.802. The van der Waals surface area contributed by atoms with Crippen LogP contribution in [0.1, 0.15) is 30.2 Å². The van der Waals surface area contributed by atoms with Crippen LogP contribution in [-0.4, -0.2) is 11.3 Å². The maximum atomic E-state index is 13.0. The van der Waals surface area contributed by atoms with Crippen molar-refractivity contribution < 1.29 is 22.7 Å². The van der Waals surface area contributed by atoms with Crippen molar-refractivity contribution in [1.82, 2.24) is 0 Å². The molecular formula is C13H12F4OS. The van der Waals surface area contributed by atoms with Gasteiger partial charge in [-0.1, -0.05) is 6.07 Å². The van der Waals surface area contributed by atoms with Crippen molar-refractivity contribution in [2.24, 2.45) is 0 Å². The van der Waals surface area contributed by atoms with Gasteiger partial charge in [-0.05, 0) is 36.4 Å². The van der Waals surface area contributed by atoms with Crippen molar-refractivity contribution in [2.45, 2.75) is 31.5 Å². The summed E-state index contributed by atoms with van der Waals surface area (Å²) in [5, 5.41) is 10.6. The predicted molar refractivity (Wildman–Crippen MR) is 66.6 cm³/mol. The van der Waals surface area contributed by atoms with Gasteiger partial charge in [-0.2, -0.15) is 13.2 Å². The molecule has 1 aromatic carbocycles. The molecule has 0 aliphatic carbocycles. The van der Waals surface area contributed by atoms with E-state index in [2.05, 4.69) is 0 Å². The molecule has 1 heterocycles. The number of aliphatic hydroxyl groups is 1. The molecule has 0 spiro atoms. The van der Waals surface area contributed by atoms with Gasteiger partial charge in [0.1, 0.15) is 5.82 Å². The van der Waals surface area contributed by atoms with Crippen LogP contribution in [0.3, 0.4) is 0 Å². The first-order chi connectivity index (χ1) is 8.85. The van der Waals surface area contributed by atoms with Crippen LogP contribution in [0.5, 0.6) is 0 Å². The molecule has 0 aliphatic heterocycles. The molecule has 0 aliphatic rings. The van der Waals surface area contributed by atoms with Gasteiger partial charge in [0.25, 0.3) is 0 Å². The lowest BCUT2D eigenvalue weighted by Gasteiger charge is -2.09. The van der Waals surface area contributed by atoms with E-state index in [1.165, 1.54) is 23.5 Å². The van der Waals surface area contributed by atoms with Crippen LogP contribution in [0.25, 0.3) is 10.1 Å². The van der Waals surface area contributed by atoms with Crippen molar-refractivity contribution in [3.63, 3.8) is 0 Å². The number of thiophene rings is 1. The fraction of sp³-hybridized carbons (Fsp3) is 0.385. The van der Waals surface area contributed by atoms with Crippen LogP contribution in [0.4, 0.5) is 17.6 Å². The number of hydrogen-bond acceptors (Lipinski definition) is 2. The van der Waals surface area contributed by atoms with E-state index in [9.17, 15) is 22.7 Å². The number of alkyl halides is 3. The van der Waals surface area contributed by atoms with E-state index in [1.807, 2.05) is 0 Å². The molecule has 0 fully saturated rings. The Hall–Kier alpha value is -1.14. The number of aliphatic hydroxyl groups excluding tert-OH is 1. The molecule has 1 N–H and O–H groups in total. The highest BCUT2D eigenvalue weighted by atomic mass is 32.1. The minimum atomic E-state index is -4.19. The molecule has 6 heteroatoms. The summed E-state index contributed by atoms with van der Waals surface area (Å²) in [5.74, 6) is -0.368. The molecule has 0 saturated heterocycles. The molecule has 2 aromatic rings. The Morgan fingerprint density at radius 1 is 1.21 bits per heavy atom. The highest BCUT2D eigenvalue weighted by Crippen LogP contribution is 2.33. The molecule has 0 amide bonds. The van der Waals surface area contributed by atoms with Gasteiger partial charge in [-0.3, -0.25) is 0 Å². The van der Waals surface area contributed by atoms with Gasteiger partial charge in [-0.25, -0.2) is 4.39 Å². The second-order valence-corrected chi connectivity index (χ2v) is 5.47. The third kappa shape index (κ3) is 3.91. The Bertz CT molecular complexity index is 561. The zero-order chi connectivity index (χ0) is 14.0. The maximum Gasteiger partial charge on any atom is 0.389 e. The lowest BCUT2D eigenvalue weighted by Crippen LogP contribution is -2.07. The van der Waals surface area contributed by atoms with Crippen molar-refractivity contribution in [3.8, 4) is 0 Å². The van der Waals surface area contributed by atoms with Gasteiger partial charge >= 0.3 is 6.18 Å². The zero-order valence-electron chi connectivity index (χ0n) is 9.88. The number of benzene rings is 1. The molecule has 0 bridgehead atoms. The number of rotatable bonds is 4. The third-order valence-corrected chi connectivity index (χ3v) is 3.97. The van der Waals surface area contributed by atoms with Crippen LogP contribution in [0, 0.1) is 5.82 Å². The first kappa shape index (κ1) is 14.3. The maximum absolute atomic E-state index is 13.0. The summed E-state index contributed by atoms with van der Waals surface area (Å²) in [6, 6.07) is 5.95. The highest BCUT2D eigenvalue weighted by Gasteiger charge is 2.26. The monoisotopic (exact) mass is 292 g/mol. The summed E-state index contributed by atoms with van der Waals surface area (Å²) in [7, 11) is 0. The van der Waals surface area contributed by atoms with Crippen LogP contribution in [-0.2, 0) is 0 Å². The fourth-order valence-electron chi connectivity index (χ4n) is 1.83. The summed E-state index contributed by atoms with van der Waals surface area (Å²) in [4.78, 5) is 0.572. The van der Waals surface area contributed by atoms with Gasteiger partial charge in [-0.15, -0.1) is 11.3 Å². The summed E-state index contributed by atoms with van der Waals surface area (Å²) < 4.78 is 49.7. The van der Waals surface area contributed by atoms with Crippen molar-refractivity contribution in [3.05, 3.63) is 35.0 Å². The molecular weight excluding hydrogens is 280 g/mol. The summed E-state index contributed by atoms with van der Waals surface area (Å²) in [6.45, 7) is 0. The fourth-order valence-corrected chi connectivity index (χ4v) is 2.94. The second-order valence-electron chi connectivity index (χ2n) is 4.35. The molecule has 104 valence electrons. The minimum Gasteiger partial charge on any atom is -0.388 e. The molecule has 19 heavy (non-hydrogen) atoms. The topological polar surface area (TPSA) is 20.2 Å². The SMILES string of the molecule is OC(CCCC(F)(F)F)c1cc2ccc(F)cc2s1. The number of fused-ring (bicyclic) bond motifs is 1. The Labute approximate surface area is 111 Å². The zero-order valence-corrected chi connectivity index (χ0v) is 10.7. The highest BCUT2D eigenvalue weighted by molar-refractivity contribution is 7.19. The Kier molecular flexibility index (Phi) is 4.10. The lowest BCUT2D eigenvalue weighted by molar-refractivity contribution is -0.136. The molecule has 1 unspecified atom stereocenters. The third-order valence-electron chi connectivity index (χ3n) is 2.77. The Morgan fingerprint density at radius 3 is 2.63 bits per heavy atom. The van der Waals surface area contributed by atoms with E-state index in [-0.39, 0.29) is 18.7 Å². The van der Waals surface area contributed by atoms with E-state index in [1.54, 1.807) is 12.1 Å². The normalized spacial score (nSPS) is 13.9. The summed E-state index contributed by atoms with van der Waals surface area (Å²) in [6.07, 6.45) is -6.09. The first-order valence-electron chi connectivity index (χ1n) is 5.79. The molecule has 1 nitrogen and oxygen atoms in total. The van der Waals surface area contributed by atoms with Crippen LogP contribution in [0.2, 0.25) is 0 Å². The smallest absolute Gasteiger partial charge is 0.388 e. The molecule has 1 atom stereocenters. The molecule has 2 rings (SSSR count). The number of hydrogen-bond donors (Lipinski definition) is 1. The van der Waals surface area contributed by atoms with Crippen molar-refractivity contribution in [1.29, 1.82) is 0 Å². The second kappa shape index (κ2) is 5.46.